The Morgan fingerprint density at radius 1 is 1.07 bits per heavy atom. The summed E-state index contributed by atoms with van der Waals surface area (Å²) in [6.45, 7) is 4.27. The normalized spacial score (nSPS) is 15.3. The molecule has 0 atom stereocenters. The molecule has 1 aliphatic heterocycles. The molecule has 154 valence electrons. The molecule has 0 spiro atoms. The first-order valence-corrected chi connectivity index (χ1v) is 10.1. The standard InChI is InChI=1S/C23H27ClN2O3/c1-28-21-16-19(15-20(24)23(21)29-2)9-10-22(27)26-12-6-11-25(13-14-26)17-18-7-4-3-5-8-18/h3-5,7-10,15-16H,6,11-14,17H2,1-2H3/b10-9+. The largest absolute Gasteiger partial charge is 0.493 e. The summed E-state index contributed by atoms with van der Waals surface area (Å²) in [5.41, 5.74) is 2.10. The van der Waals surface area contributed by atoms with Crippen LogP contribution in [0.1, 0.15) is 17.5 Å². The Morgan fingerprint density at radius 3 is 2.59 bits per heavy atom. The number of ether oxygens (including phenoxy) is 2. The van der Waals surface area contributed by atoms with Gasteiger partial charge in [-0.1, -0.05) is 41.9 Å². The molecule has 1 heterocycles. The van der Waals surface area contributed by atoms with Crippen molar-refractivity contribution in [3.05, 3.63) is 64.7 Å². The van der Waals surface area contributed by atoms with Crippen LogP contribution >= 0.6 is 11.6 Å². The Hall–Kier alpha value is -2.50. The van der Waals surface area contributed by atoms with Gasteiger partial charge in [-0.2, -0.15) is 0 Å². The van der Waals surface area contributed by atoms with E-state index in [9.17, 15) is 4.79 Å². The number of amides is 1. The molecule has 1 aliphatic rings. The summed E-state index contributed by atoms with van der Waals surface area (Å²) in [7, 11) is 3.11. The quantitative estimate of drug-likeness (QED) is 0.667. The summed E-state index contributed by atoms with van der Waals surface area (Å²) < 4.78 is 10.6. The SMILES string of the molecule is COc1cc(/C=C/C(=O)N2CCCN(Cc3ccccc3)CC2)cc(Cl)c1OC. The lowest BCUT2D eigenvalue weighted by Gasteiger charge is -2.21. The van der Waals surface area contributed by atoms with Gasteiger partial charge in [-0.3, -0.25) is 9.69 Å². The van der Waals surface area contributed by atoms with Crippen LogP contribution in [0.15, 0.2) is 48.5 Å². The molecule has 0 radical (unpaired) electrons. The fourth-order valence-corrected chi connectivity index (χ4v) is 3.79. The maximum atomic E-state index is 12.7. The summed E-state index contributed by atoms with van der Waals surface area (Å²) in [6, 6.07) is 14.0. The number of hydrogen-bond acceptors (Lipinski definition) is 4. The molecule has 2 aromatic carbocycles. The summed E-state index contributed by atoms with van der Waals surface area (Å²) in [4.78, 5) is 17.0. The van der Waals surface area contributed by atoms with E-state index in [0.717, 1.165) is 44.7 Å². The Balaban J connectivity index is 1.60. The zero-order valence-electron chi connectivity index (χ0n) is 16.9. The predicted molar refractivity (Wildman–Crippen MR) is 117 cm³/mol. The van der Waals surface area contributed by atoms with Crippen LogP contribution in [0.25, 0.3) is 6.08 Å². The fraction of sp³-hybridized carbons (Fsp3) is 0.348. The second kappa shape index (κ2) is 10.3. The third-order valence-corrected chi connectivity index (χ3v) is 5.30. The van der Waals surface area contributed by atoms with E-state index in [2.05, 4.69) is 29.2 Å². The molecule has 29 heavy (non-hydrogen) atoms. The molecule has 1 saturated heterocycles. The van der Waals surface area contributed by atoms with Crippen molar-refractivity contribution in [2.75, 3.05) is 40.4 Å². The first-order valence-electron chi connectivity index (χ1n) is 9.75. The maximum absolute atomic E-state index is 12.7. The topological polar surface area (TPSA) is 42.0 Å². The minimum Gasteiger partial charge on any atom is -0.493 e. The summed E-state index contributed by atoms with van der Waals surface area (Å²) in [6.07, 6.45) is 4.34. The van der Waals surface area contributed by atoms with Crippen LogP contribution in [0.5, 0.6) is 11.5 Å². The van der Waals surface area contributed by atoms with Gasteiger partial charge >= 0.3 is 0 Å². The van der Waals surface area contributed by atoms with E-state index >= 15 is 0 Å². The maximum Gasteiger partial charge on any atom is 0.246 e. The lowest BCUT2D eigenvalue weighted by molar-refractivity contribution is -0.125. The van der Waals surface area contributed by atoms with Crippen molar-refractivity contribution in [1.29, 1.82) is 0 Å². The van der Waals surface area contributed by atoms with E-state index in [1.165, 1.54) is 5.56 Å². The number of carbonyl (C=O) groups is 1. The molecule has 0 aliphatic carbocycles. The highest BCUT2D eigenvalue weighted by Gasteiger charge is 2.18. The van der Waals surface area contributed by atoms with Gasteiger partial charge in [0.15, 0.2) is 11.5 Å². The summed E-state index contributed by atoms with van der Waals surface area (Å²) in [5, 5.41) is 0.449. The van der Waals surface area contributed by atoms with Gasteiger partial charge < -0.3 is 14.4 Å². The van der Waals surface area contributed by atoms with Crippen LogP contribution in [0.4, 0.5) is 0 Å². The van der Waals surface area contributed by atoms with Gasteiger partial charge in [0, 0.05) is 38.8 Å². The van der Waals surface area contributed by atoms with Crippen LogP contribution in [0.2, 0.25) is 5.02 Å². The first-order chi connectivity index (χ1) is 14.1. The minimum atomic E-state index is 0.0115. The molecule has 0 saturated carbocycles. The number of rotatable bonds is 6. The third-order valence-electron chi connectivity index (χ3n) is 5.02. The van der Waals surface area contributed by atoms with Crippen LogP contribution in [0.3, 0.4) is 0 Å². The van der Waals surface area contributed by atoms with Crippen LogP contribution in [0, 0.1) is 0 Å². The van der Waals surface area contributed by atoms with Crippen molar-refractivity contribution in [2.24, 2.45) is 0 Å². The molecule has 2 aromatic rings. The molecule has 3 rings (SSSR count). The van der Waals surface area contributed by atoms with E-state index in [0.29, 0.717) is 16.5 Å². The van der Waals surface area contributed by atoms with Gasteiger partial charge in [0.2, 0.25) is 5.91 Å². The van der Waals surface area contributed by atoms with Crippen molar-refractivity contribution in [2.45, 2.75) is 13.0 Å². The average Bonchev–Trinajstić information content (AvgIpc) is 2.98. The highest BCUT2D eigenvalue weighted by atomic mass is 35.5. The minimum absolute atomic E-state index is 0.0115. The monoisotopic (exact) mass is 414 g/mol. The van der Waals surface area contributed by atoms with E-state index in [4.69, 9.17) is 21.1 Å². The van der Waals surface area contributed by atoms with Crippen LogP contribution < -0.4 is 9.47 Å². The Bertz CT molecular complexity index is 855. The molecule has 6 heteroatoms. The summed E-state index contributed by atoms with van der Waals surface area (Å²) in [5.74, 6) is 1.04. The van der Waals surface area contributed by atoms with E-state index in [-0.39, 0.29) is 5.91 Å². The Kier molecular flexibility index (Phi) is 7.55. The molecule has 5 nitrogen and oxygen atoms in total. The predicted octanol–water partition coefficient (Wildman–Crippen LogP) is 4.10. The van der Waals surface area contributed by atoms with Crippen molar-refractivity contribution < 1.29 is 14.3 Å². The van der Waals surface area contributed by atoms with Gasteiger partial charge in [-0.25, -0.2) is 0 Å². The van der Waals surface area contributed by atoms with Crippen molar-refractivity contribution in [3.8, 4) is 11.5 Å². The second-order valence-corrected chi connectivity index (χ2v) is 7.42. The number of benzene rings is 2. The summed E-state index contributed by atoms with van der Waals surface area (Å²) >= 11 is 6.24. The zero-order chi connectivity index (χ0) is 20.6. The number of carbonyl (C=O) groups excluding carboxylic acids is 1. The molecule has 0 unspecified atom stereocenters. The van der Waals surface area contributed by atoms with Gasteiger partial charge in [0.25, 0.3) is 0 Å². The molecule has 0 bridgehead atoms. The van der Waals surface area contributed by atoms with Crippen molar-refractivity contribution in [1.82, 2.24) is 9.80 Å². The Morgan fingerprint density at radius 2 is 1.86 bits per heavy atom. The molecular weight excluding hydrogens is 388 g/mol. The highest BCUT2D eigenvalue weighted by Crippen LogP contribution is 2.36. The lowest BCUT2D eigenvalue weighted by Crippen LogP contribution is -2.34. The molecule has 1 amide bonds. The van der Waals surface area contributed by atoms with Gasteiger partial charge in [0.1, 0.15) is 0 Å². The molecule has 0 aromatic heterocycles. The average molecular weight is 415 g/mol. The van der Waals surface area contributed by atoms with Crippen LogP contribution in [-0.4, -0.2) is 56.1 Å². The molecule has 0 N–H and O–H groups in total. The molecular formula is C23H27ClN2O3. The van der Waals surface area contributed by atoms with Gasteiger partial charge in [-0.15, -0.1) is 0 Å². The second-order valence-electron chi connectivity index (χ2n) is 7.01. The highest BCUT2D eigenvalue weighted by molar-refractivity contribution is 6.32. The lowest BCUT2D eigenvalue weighted by atomic mass is 10.2. The fourth-order valence-electron chi connectivity index (χ4n) is 3.50. The zero-order valence-corrected chi connectivity index (χ0v) is 17.7. The number of methoxy groups -OCH3 is 2. The van der Waals surface area contributed by atoms with E-state index < -0.39 is 0 Å². The Labute approximate surface area is 177 Å². The first kappa shape index (κ1) is 21.2. The number of nitrogens with zero attached hydrogens (tertiary/aromatic N) is 2. The van der Waals surface area contributed by atoms with Crippen LogP contribution in [-0.2, 0) is 11.3 Å². The molecule has 1 fully saturated rings. The smallest absolute Gasteiger partial charge is 0.246 e. The van der Waals surface area contributed by atoms with E-state index in [1.807, 2.05) is 11.0 Å². The number of halogens is 1. The number of hydrogen-bond donors (Lipinski definition) is 0. The van der Waals surface area contributed by atoms with Crippen molar-refractivity contribution >= 4 is 23.6 Å². The van der Waals surface area contributed by atoms with Crippen molar-refractivity contribution in [3.63, 3.8) is 0 Å². The van der Waals surface area contributed by atoms with Gasteiger partial charge in [-0.05, 0) is 35.8 Å². The third kappa shape index (κ3) is 5.75. The van der Waals surface area contributed by atoms with E-state index in [1.54, 1.807) is 38.5 Å². The van der Waals surface area contributed by atoms with Gasteiger partial charge in [0.05, 0.1) is 19.2 Å².